The van der Waals surface area contributed by atoms with Crippen LogP contribution in [-0.2, 0) is 9.59 Å². The zero-order chi connectivity index (χ0) is 22.2. The highest BCUT2D eigenvalue weighted by Crippen LogP contribution is 2.49. The van der Waals surface area contributed by atoms with Crippen LogP contribution in [0.4, 0.5) is 5.69 Å². The molecule has 5 nitrogen and oxygen atoms in total. The number of anilines is 1. The summed E-state index contributed by atoms with van der Waals surface area (Å²) in [5.74, 6) is 0.315. The number of hydrogen-bond acceptors (Lipinski definition) is 4. The van der Waals surface area contributed by atoms with Crippen molar-refractivity contribution in [2.75, 3.05) is 11.5 Å². The number of carbonyl (C=O) groups excluding carboxylic acids is 2. The molecule has 1 aliphatic carbocycles. The predicted molar refractivity (Wildman–Crippen MR) is 119 cm³/mol. The summed E-state index contributed by atoms with van der Waals surface area (Å²) in [6.45, 7) is 6.52. The highest BCUT2D eigenvalue weighted by molar-refractivity contribution is 6.08. The fraction of sp³-hybridized carbons (Fsp3) is 0.346. The van der Waals surface area contributed by atoms with Gasteiger partial charge in [0.25, 0.3) is 0 Å². The third-order valence-corrected chi connectivity index (χ3v) is 6.00. The number of hydrogen-bond donors (Lipinski definition) is 0. The Morgan fingerprint density at radius 1 is 1.10 bits per heavy atom. The van der Waals surface area contributed by atoms with Crippen molar-refractivity contribution in [3.05, 3.63) is 70.9 Å². The second kappa shape index (κ2) is 8.03. The van der Waals surface area contributed by atoms with Crippen molar-refractivity contribution in [1.82, 2.24) is 0 Å². The first-order chi connectivity index (χ1) is 14.9. The molecule has 1 unspecified atom stereocenters. The van der Waals surface area contributed by atoms with Gasteiger partial charge in [-0.15, -0.1) is 0 Å². The van der Waals surface area contributed by atoms with Crippen LogP contribution in [0.3, 0.4) is 0 Å². The maximum absolute atomic E-state index is 13.5. The van der Waals surface area contributed by atoms with Gasteiger partial charge in [-0.25, -0.2) is 0 Å². The predicted octanol–water partition coefficient (Wildman–Crippen LogP) is 5.12. The van der Waals surface area contributed by atoms with Crippen LogP contribution in [0.25, 0.3) is 0 Å². The maximum Gasteiger partial charge on any atom is 0.232 e. The fourth-order valence-electron chi connectivity index (χ4n) is 4.78. The topological polar surface area (TPSA) is 70.4 Å². The van der Waals surface area contributed by atoms with E-state index in [0.717, 1.165) is 11.3 Å². The number of Topliss-reactive ketones (excluding diaryl/α,β-unsaturated/α-hetero) is 1. The van der Waals surface area contributed by atoms with Crippen molar-refractivity contribution in [2.24, 2.45) is 5.41 Å². The molecule has 2 aliphatic rings. The molecule has 0 aromatic heterocycles. The van der Waals surface area contributed by atoms with Crippen LogP contribution in [0.1, 0.15) is 57.1 Å². The average Bonchev–Trinajstić information content (AvgIpc) is 2.73. The van der Waals surface area contributed by atoms with Crippen molar-refractivity contribution < 1.29 is 14.3 Å². The third-order valence-electron chi connectivity index (χ3n) is 6.00. The Morgan fingerprint density at radius 3 is 2.55 bits per heavy atom. The van der Waals surface area contributed by atoms with Gasteiger partial charge in [-0.05, 0) is 37.0 Å². The van der Waals surface area contributed by atoms with Gasteiger partial charge in [0.1, 0.15) is 11.8 Å². The molecule has 0 N–H and O–H groups in total. The molecule has 1 heterocycles. The fourth-order valence-corrected chi connectivity index (χ4v) is 4.78. The van der Waals surface area contributed by atoms with E-state index in [4.69, 9.17) is 4.74 Å². The molecule has 0 fully saturated rings. The summed E-state index contributed by atoms with van der Waals surface area (Å²) in [5, 5.41) is 9.62. The zero-order valence-corrected chi connectivity index (χ0v) is 18.1. The normalized spacial score (nSPS) is 20.3. The van der Waals surface area contributed by atoms with Crippen LogP contribution >= 0.6 is 0 Å². The number of benzene rings is 2. The molecule has 0 saturated heterocycles. The summed E-state index contributed by atoms with van der Waals surface area (Å²) in [7, 11) is 0. The van der Waals surface area contributed by atoms with E-state index in [2.05, 4.69) is 6.07 Å². The van der Waals surface area contributed by atoms with Gasteiger partial charge in [0, 0.05) is 35.6 Å². The Balaban J connectivity index is 1.94. The quantitative estimate of drug-likeness (QED) is 0.696. The van der Waals surface area contributed by atoms with Crippen LogP contribution in [0.2, 0.25) is 0 Å². The summed E-state index contributed by atoms with van der Waals surface area (Å²) in [6.07, 6.45) is 1.18. The van der Waals surface area contributed by atoms with Gasteiger partial charge >= 0.3 is 0 Å². The van der Waals surface area contributed by atoms with Gasteiger partial charge in [-0.2, -0.15) is 5.26 Å². The minimum Gasteiger partial charge on any atom is -0.494 e. The molecule has 0 bridgehead atoms. The highest BCUT2D eigenvalue weighted by atomic mass is 16.5. The van der Waals surface area contributed by atoms with E-state index in [1.807, 2.05) is 51.1 Å². The molecule has 2 aromatic rings. The van der Waals surface area contributed by atoms with E-state index in [1.54, 1.807) is 23.1 Å². The van der Waals surface area contributed by atoms with Crippen molar-refractivity contribution in [3.8, 4) is 11.8 Å². The molecule has 0 saturated carbocycles. The largest absolute Gasteiger partial charge is 0.494 e. The van der Waals surface area contributed by atoms with E-state index in [9.17, 15) is 14.9 Å². The van der Waals surface area contributed by atoms with E-state index < -0.39 is 0 Å². The van der Waals surface area contributed by atoms with Crippen molar-refractivity contribution in [3.63, 3.8) is 0 Å². The van der Waals surface area contributed by atoms with E-state index in [-0.39, 0.29) is 29.4 Å². The van der Waals surface area contributed by atoms with Crippen LogP contribution in [-0.4, -0.2) is 18.3 Å². The number of nitrogens with zero attached hydrogens (tertiary/aromatic N) is 2. The summed E-state index contributed by atoms with van der Waals surface area (Å²) < 4.78 is 5.83. The molecule has 158 valence electrons. The Labute approximate surface area is 182 Å². The van der Waals surface area contributed by atoms with Crippen molar-refractivity contribution in [1.29, 1.82) is 5.26 Å². The summed E-state index contributed by atoms with van der Waals surface area (Å²) in [4.78, 5) is 28.6. The summed E-state index contributed by atoms with van der Waals surface area (Å²) in [6, 6.07) is 16.9. The minimum absolute atomic E-state index is 0.0643. The first kappa shape index (κ1) is 20.9. The molecule has 1 amide bonds. The van der Waals surface area contributed by atoms with Gasteiger partial charge < -0.3 is 4.74 Å². The second-order valence-corrected chi connectivity index (χ2v) is 8.89. The number of carbonyl (C=O) groups is 2. The minimum atomic E-state index is -0.348. The SMILES string of the molecule is CCOc1ccccc1C1CC(=O)N(c2ccccc2C#N)C2=C1C(=O)CC(C)(C)C2. The maximum atomic E-state index is 13.5. The molecule has 2 aromatic carbocycles. The van der Waals surface area contributed by atoms with Gasteiger partial charge in [0.2, 0.25) is 5.91 Å². The second-order valence-electron chi connectivity index (χ2n) is 8.89. The smallest absolute Gasteiger partial charge is 0.232 e. The van der Waals surface area contributed by atoms with E-state index in [0.29, 0.717) is 42.0 Å². The lowest BCUT2D eigenvalue weighted by Crippen LogP contribution is -2.44. The molecule has 1 aliphatic heterocycles. The number of ketones is 1. The highest BCUT2D eigenvalue weighted by Gasteiger charge is 2.45. The van der Waals surface area contributed by atoms with Crippen LogP contribution in [0.15, 0.2) is 59.8 Å². The monoisotopic (exact) mass is 414 g/mol. The standard InChI is InChI=1S/C26H26N2O3/c1-4-31-23-12-8-6-10-18(23)19-13-24(30)28(20-11-7-5-9-17(20)16-27)21-14-26(2,3)15-22(29)25(19)21/h5-12,19H,4,13-15H2,1-3H3. The number of amides is 1. The number of ether oxygens (including phenoxy) is 1. The zero-order valence-electron chi connectivity index (χ0n) is 18.1. The molecule has 1 atom stereocenters. The third kappa shape index (κ3) is 3.74. The Morgan fingerprint density at radius 2 is 1.81 bits per heavy atom. The van der Waals surface area contributed by atoms with Gasteiger partial charge in [-0.3, -0.25) is 14.5 Å². The van der Waals surface area contributed by atoms with Crippen molar-refractivity contribution in [2.45, 2.75) is 46.0 Å². The number of para-hydroxylation sites is 2. The molecular weight excluding hydrogens is 388 g/mol. The first-order valence-corrected chi connectivity index (χ1v) is 10.7. The lowest BCUT2D eigenvalue weighted by Gasteiger charge is -2.43. The van der Waals surface area contributed by atoms with Crippen molar-refractivity contribution >= 4 is 17.4 Å². The van der Waals surface area contributed by atoms with Gasteiger partial charge in [-0.1, -0.05) is 44.2 Å². The Hall–Kier alpha value is -3.39. The van der Waals surface area contributed by atoms with E-state index in [1.165, 1.54) is 0 Å². The number of allylic oxidation sites excluding steroid dienone is 2. The molecule has 0 radical (unpaired) electrons. The summed E-state index contributed by atoms with van der Waals surface area (Å²) in [5.41, 5.74) is 2.97. The Kier molecular flexibility index (Phi) is 5.41. The average molecular weight is 415 g/mol. The Bertz CT molecular complexity index is 1120. The first-order valence-electron chi connectivity index (χ1n) is 10.7. The molecule has 5 heteroatoms. The van der Waals surface area contributed by atoms with Gasteiger partial charge in [0.05, 0.1) is 17.9 Å². The van der Waals surface area contributed by atoms with Gasteiger partial charge in [0.15, 0.2) is 5.78 Å². The molecular formula is C26H26N2O3. The number of rotatable bonds is 4. The molecule has 4 rings (SSSR count). The molecule has 0 spiro atoms. The lowest BCUT2D eigenvalue weighted by molar-refractivity contribution is -0.121. The molecule has 31 heavy (non-hydrogen) atoms. The lowest BCUT2D eigenvalue weighted by atomic mass is 9.69. The van der Waals surface area contributed by atoms with Crippen LogP contribution in [0.5, 0.6) is 5.75 Å². The van der Waals surface area contributed by atoms with Crippen LogP contribution < -0.4 is 9.64 Å². The number of nitriles is 1. The van der Waals surface area contributed by atoms with Crippen LogP contribution in [0, 0.1) is 16.7 Å². The van der Waals surface area contributed by atoms with E-state index >= 15 is 0 Å². The summed E-state index contributed by atoms with van der Waals surface area (Å²) >= 11 is 0.